The summed E-state index contributed by atoms with van der Waals surface area (Å²) < 4.78 is 29.9. The second-order valence-corrected chi connectivity index (χ2v) is 9.62. The van der Waals surface area contributed by atoms with E-state index in [1.165, 1.54) is 0 Å². The molecular weight excluding hydrogens is 364 g/mol. The smallest absolute Gasteiger partial charge is 0.221 e. The molecule has 2 fully saturated rings. The van der Waals surface area contributed by atoms with Crippen LogP contribution < -0.4 is 5.32 Å². The monoisotopic (exact) mass is 394 g/mol. The molecule has 0 atom stereocenters. The second-order valence-electron chi connectivity index (χ2n) is 7.51. The number of carbonyl (C=O) groups is 1. The van der Waals surface area contributed by atoms with Crippen LogP contribution in [0.4, 0.5) is 0 Å². The zero-order valence-corrected chi connectivity index (χ0v) is 16.6. The van der Waals surface area contributed by atoms with E-state index < -0.39 is 9.84 Å². The third-order valence-corrected chi connectivity index (χ3v) is 7.38. The largest absolute Gasteiger partial charge is 0.381 e. The number of piperidine rings is 1. The molecule has 3 rings (SSSR count). The molecule has 2 saturated heterocycles. The maximum absolute atomic E-state index is 12.2. The van der Waals surface area contributed by atoms with Gasteiger partial charge in [-0.1, -0.05) is 18.2 Å². The van der Waals surface area contributed by atoms with Crippen molar-refractivity contribution in [1.82, 2.24) is 10.2 Å². The summed E-state index contributed by atoms with van der Waals surface area (Å²) in [6.07, 6.45) is 4.42. The average Bonchev–Trinajstić information content (AvgIpc) is 2.72. The highest BCUT2D eigenvalue weighted by atomic mass is 32.2. The van der Waals surface area contributed by atoms with Gasteiger partial charge in [0.05, 0.1) is 10.6 Å². The van der Waals surface area contributed by atoms with Crippen molar-refractivity contribution in [2.24, 2.45) is 5.92 Å². The predicted molar refractivity (Wildman–Crippen MR) is 104 cm³/mol. The van der Waals surface area contributed by atoms with Crippen molar-refractivity contribution in [3.8, 4) is 0 Å². The quantitative estimate of drug-likeness (QED) is 0.764. The minimum atomic E-state index is -3.40. The van der Waals surface area contributed by atoms with Crippen LogP contribution in [0.5, 0.6) is 0 Å². The number of likely N-dealkylation sites (tertiary alicyclic amines) is 1. The summed E-state index contributed by atoms with van der Waals surface area (Å²) in [5.41, 5.74) is 0. The van der Waals surface area contributed by atoms with Crippen LogP contribution in [0.25, 0.3) is 0 Å². The first-order valence-electron chi connectivity index (χ1n) is 9.91. The van der Waals surface area contributed by atoms with Gasteiger partial charge in [-0.3, -0.25) is 4.79 Å². The molecular formula is C20H30N2O4S. The van der Waals surface area contributed by atoms with Crippen molar-refractivity contribution in [3.63, 3.8) is 0 Å². The van der Waals surface area contributed by atoms with E-state index in [0.29, 0.717) is 18.5 Å². The van der Waals surface area contributed by atoms with Gasteiger partial charge in [0.15, 0.2) is 9.84 Å². The number of sulfone groups is 1. The van der Waals surface area contributed by atoms with Crippen molar-refractivity contribution >= 4 is 15.7 Å². The Morgan fingerprint density at radius 2 is 1.74 bits per heavy atom. The molecule has 0 aliphatic carbocycles. The van der Waals surface area contributed by atoms with Crippen molar-refractivity contribution in [2.75, 3.05) is 38.6 Å². The van der Waals surface area contributed by atoms with Crippen LogP contribution in [-0.4, -0.2) is 63.9 Å². The van der Waals surface area contributed by atoms with E-state index in [9.17, 15) is 13.2 Å². The Morgan fingerprint density at radius 3 is 2.41 bits per heavy atom. The maximum Gasteiger partial charge on any atom is 0.221 e. The molecule has 0 radical (unpaired) electrons. The zero-order chi connectivity index (χ0) is 19.1. The molecule has 1 aromatic carbocycles. The molecule has 1 N–H and O–H groups in total. The minimum absolute atomic E-state index is 0.0121. The third-order valence-electron chi connectivity index (χ3n) is 5.64. The Labute approximate surface area is 162 Å². The maximum atomic E-state index is 12.2. The first-order valence-corrected chi connectivity index (χ1v) is 11.6. The molecule has 0 spiro atoms. The lowest BCUT2D eigenvalue weighted by Crippen LogP contribution is -2.45. The van der Waals surface area contributed by atoms with Gasteiger partial charge >= 0.3 is 0 Å². The highest BCUT2D eigenvalue weighted by molar-refractivity contribution is 7.91. The predicted octanol–water partition coefficient (Wildman–Crippen LogP) is 1.86. The van der Waals surface area contributed by atoms with Crippen LogP contribution >= 0.6 is 0 Å². The Bertz CT molecular complexity index is 694. The molecule has 6 nitrogen and oxygen atoms in total. The molecule has 2 aliphatic rings. The average molecular weight is 395 g/mol. The molecule has 150 valence electrons. The molecule has 0 unspecified atom stereocenters. The van der Waals surface area contributed by atoms with Crippen molar-refractivity contribution in [1.29, 1.82) is 0 Å². The van der Waals surface area contributed by atoms with E-state index in [-0.39, 0.29) is 23.0 Å². The summed E-state index contributed by atoms with van der Waals surface area (Å²) in [5, 5.41) is 2.93. The van der Waals surface area contributed by atoms with E-state index in [1.54, 1.807) is 30.3 Å². The van der Waals surface area contributed by atoms with Crippen LogP contribution in [0.15, 0.2) is 35.2 Å². The first kappa shape index (κ1) is 20.3. The SMILES string of the molecule is O=C(CCS(=O)(=O)c1ccccc1)NCC1CCN(C2CCOCC2)CC1. The number of amides is 1. The molecule has 0 aromatic heterocycles. The van der Waals surface area contributed by atoms with Crippen LogP contribution in [0, 0.1) is 5.92 Å². The van der Waals surface area contributed by atoms with Crippen LogP contribution in [0.2, 0.25) is 0 Å². The Morgan fingerprint density at radius 1 is 1.07 bits per heavy atom. The summed E-state index contributed by atoms with van der Waals surface area (Å²) in [7, 11) is -3.40. The van der Waals surface area contributed by atoms with Gasteiger partial charge in [0, 0.05) is 32.2 Å². The van der Waals surface area contributed by atoms with Crippen LogP contribution in [0.3, 0.4) is 0 Å². The number of rotatable bonds is 7. The number of hydrogen-bond donors (Lipinski definition) is 1. The van der Waals surface area contributed by atoms with Crippen molar-refractivity contribution in [3.05, 3.63) is 30.3 Å². The number of hydrogen-bond acceptors (Lipinski definition) is 5. The topological polar surface area (TPSA) is 75.7 Å². The lowest BCUT2D eigenvalue weighted by molar-refractivity contribution is -0.121. The van der Waals surface area contributed by atoms with Crippen LogP contribution in [-0.2, 0) is 19.4 Å². The molecule has 0 saturated carbocycles. The number of ether oxygens (including phenoxy) is 1. The normalized spacial score (nSPS) is 20.4. The fourth-order valence-corrected chi connectivity index (χ4v) is 5.15. The summed E-state index contributed by atoms with van der Waals surface area (Å²) in [6, 6.07) is 8.95. The first-order chi connectivity index (χ1) is 13.0. The number of benzene rings is 1. The highest BCUT2D eigenvalue weighted by Crippen LogP contribution is 2.22. The Kier molecular flexibility index (Phi) is 7.26. The fourth-order valence-electron chi connectivity index (χ4n) is 3.89. The van der Waals surface area contributed by atoms with Gasteiger partial charge in [-0.05, 0) is 56.8 Å². The lowest BCUT2D eigenvalue weighted by Gasteiger charge is -2.39. The number of nitrogens with zero attached hydrogens (tertiary/aromatic N) is 1. The van der Waals surface area contributed by atoms with Gasteiger partial charge in [-0.2, -0.15) is 0 Å². The summed E-state index contributed by atoms with van der Waals surface area (Å²) in [4.78, 5) is 14.9. The van der Waals surface area contributed by atoms with Gasteiger partial charge in [-0.25, -0.2) is 8.42 Å². The third kappa shape index (κ3) is 6.02. The summed E-state index contributed by atoms with van der Waals surface area (Å²) in [5.74, 6) is 0.155. The molecule has 2 aliphatic heterocycles. The molecule has 1 amide bonds. The van der Waals surface area contributed by atoms with E-state index in [4.69, 9.17) is 4.74 Å². The van der Waals surface area contributed by atoms with Crippen molar-refractivity contribution < 1.29 is 17.9 Å². The van der Waals surface area contributed by atoms with Crippen molar-refractivity contribution in [2.45, 2.75) is 43.0 Å². The molecule has 0 bridgehead atoms. The molecule has 2 heterocycles. The standard InChI is InChI=1S/C20H30N2O4S/c23-20(10-15-27(24,25)19-4-2-1-3-5-19)21-16-17-6-11-22(12-7-17)18-8-13-26-14-9-18/h1-5,17-18H,6-16H2,(H,21,23). The number of carbonyl (C=O) groups excluding carboxylic acids is 1. The Hall–Kier alpha value is -1.44. The zero-order valence-electron chi connectivity index (χ0n) is 15.8. The summed E-state index contributed by atoms with van der Waals surface area (Å²) >= 11 is 0. The van der Waals surface area contributed by atoms with Gasteiger partial charge in [0.25, 0.3) is 0 Å². The highest BCUT2D eigenvalue weighted by Gasteiger charge is 2.26. The minimum Gasteiger partial charge on any atom is -0.381 e. The molecule has 27 heavy (non-hydrogen) atoms. The van der Waals surface area contributed by atoms with E-state index in [2.05, 4.69) is 10.2 Å². The second kappa shape index (κ2) is 9.66. The van der Waals surface area contributed by atoms with E-state index in [0.717, 1.165) is 52.0 Å². The Balaban J connectivity index is 1.35. The van der Waals surface area contributed by atoms with Gasteiger partial charge in [0.1, 0.15) is 0 Å². The molecule has 1 aromatic rings. The van der Waals surface area contributed by atoms with Gasteiger partial charge in [0.2, 0.25) is 5.91 Å². The van der Waals surface area contributed by atoms with E-state index >= 15 is 0 Å². The summed E-state index contributed by atoms with van der Waals surface area (Å²) in [6.45, 7) is 4.53. The fraction of sp³-hybridized carbons (Fsp3) is 0.650. The van der Waals surface area contributed by atoms with Crippen LogP contribution in [0.1, 0.15) is 32.1 Å². The van der Waals surface area contributed by atoms with Gasteiger partial charge in [-0.15, -0.1) is 0 Å². The number of nitrogens with one attached hydrogen (secondary N) is 1. The molecule has 7 heteroatoms. The van der Waals surface area contributed by atoms with E-state index in [1.807, 2.05) is 0 Å². The lowest BCUT2D eigenvalue weighted by atomic mass is 9.94. The van der Waals surface area contributed by atoms with Gasteiger partial charge < -0.3 is 15.0 Å².